The number of carbonyl (C=O) groups is 1. The summed E-state index contributed by atoms with van der Waals surface area (Å²) in [4.78, 5) is 10.9. The van der Waals surface area contributed by atoms with Crippen LogP contribution >= 0.6 is 0 Å². The second-order valence-electron chi connectivity index (χ2n) is 3.64. The molecule has 0 atom stereocenters. The molecule has 2 aromatic carbocycles. The first-order valence-corrected chi connectivity index (χ1v) is 6.69. The molecule has 0 heterocycles. The highest BCUT2D eigenvalue weighted by Gasteiger charge is 2.06. The molecular weight excluding hydrogens is 240 g/mol. The zero-order chi connectivity index (χ0) is 12.5. The summed E-state index contributed by atoms with van der Waals surface area (Å²) in [6.45, 7) is 0. The fourth-order valence-corrected chi connectivity index (χ4v) is 2.06. The molecule has 0 aliphatic rings. The third-order valence-electron chi connectivity index (χ3n) is 2.26. The Kier molecular flexibility index (Phi) is 2.85. The van der Waals surface area contributed by atoms with Crippen LogP contribution in [0.1, 0.15) is 10.4 Å². The highest BCUT2D eigenvalue weighted by Crippen LogP contribution is 2.24. The van der Waals surface area contributed by atoms with Crippen molar-refractivity contribution >= 4 is 27.2 Å². The lowest BCUT2D eigenvalue weighted by molar-refractivity contribution is 0.112. The fourth-order valence-electron chi connectivity index (χ4n) is 1.61. The molecular formula is C12H10O4S. The average molecular weight is 250 g/mol. The second kappa shape index (κ2) is 4.18. The zero-order valence-corrected chi connectivity index (χ0v) is 9.90. The zero-order valence-electron chi connectivity index (χ0n) is 9.08. The van der Waals surface area contributed by atoms with Gasteiger partial charge in [0, 0.05) is 5.56 Å². The minimum Gasteiger partial charge on any atom is -0.383 e. The van der Waals surface area contributed by atoms with Crippen LogP contribution in [0.4, 0.5) is 0 Å². The standard InChI is InChI=1S/C12H10O4S/c1-17(14,15)16-11-6-5-9-3-2-4-10(8-13)12(9)7-11/h2-8H,1H3. The van der Waals surface area contributed by atoms with E-state index in [0.717, 1.165) is 17.9 Å². The molecule has 0 aromatic heterocycles. The lowest BCUT2D eigenvalue weighted by Gasteiger charge is -2.05. The Labute approximate surface area is 99.0 Å². The third-order valence-corrected chi connectivity index (χ3v) is 2.76. The van der Waals surface area contributed by atoms with E-state index in [1.807, 2.05) is 6.07 Å². The molecule has 88 valence electrons. The first-order valence-electron chi connectivity index (χ1n) is 4.87. The van der Waals surface area contributed by atoms with Crippen LogP contribution < -0.4 is 4.18 Å². The van der Waals surface area contributed by atoms with Gasteiger partial charge < -0.3 is 4.18 Å². The molecule has 0 unspecified atom stereocenters. The van der Waals surface area contributed by atoms with Gasteiger partial charge in [0.1, 0.15) is 5.75 Å². The topological polar surface area (TPSA) is 60.4 Å². The van der Waals surface area contributed by atoms with Crippen molar-refractivity contribution in [2.75, 3.05) is 6.26 Å². The molecule has 0 aliphatic carbocycles. The molecule has 0 N–H and O–H groups in total. The van der Waals surface area contributed by atoms with Gasteiger partial charge >= 0.3 is 10.1 Å². The summed E-state index contributed by atoms with van der Waals surface area (Å²) >= 11 is 0. The van der Waals surface area contributed by atoms with Crippen molar-refractivity contribution in [3.05, 3.63) is 42.0 Å². The highest BCUT2D eigenvalue weighted by molar-refractivity contribution is 7.86. The van der Waals surface area contributed by atoms with Gasteiger partial charge in [0.05, 0.1) is 6.26 Å². The van der Waals surface area contributed by atoms with Gasteiger partial charge in [-0.05, 0) is 22.9 Å². The van der Waals surface area contributed by atoms with Crippen molar-refractivity contribution < 1.29 is 17.4 Å². The number of carbonyl (C=O) groups excluding carboxylic acids is 1. The van der Waals surface area contributed by atoms with Gasteiger partial charge in [0.25, 0.3) is 0 Å². The maximum Gasteiger partial charge on any atom is 0.306 e. The molecule has 2 rings (SSSR count). The largest absolute Gasteiger partial charge is 0.383 e. The van der Waals surface area contributed by atoms with E-state index in [4.69, 9.17) is 4.18 Å². The quantitative estimate of drug-likeness (QED) is 0.617. The third kappa shape index (κ3) is 2.62. The van der Waals surface area contributed by atoms with E-state index in [1.165, 1.54) is 0 Å². The first kappa shape index (κ1) is 11.6. The lowest BCUT2D eigenvalue weighted by atomic mass is 10.1. The predicted molar refractivity (Wildman–Crippen MR) is 64.8 cm³/mol. The van der Waals surface area contributed by atoms with Crippen LogP contribution in [0.15, 0.2) is 36.4 Å². The van der Waals surface area contributed by atoms with Crippen LogP contribution in [0.25, 0.3) is 10.8 Å². The number of benzene rings is 2. The molecule has 0 amide bonds. The Hall–Kier alpha value is -1.88. The van der Waals surface area contributed by atoms with Crippen molar-refractivity contribution in [3.8, 4) is 5.75 Å². The molecule has 17 heavy (non-hydrogen) atoms. The van der Waals surface area contributed by atoms with Crippen LogP contribution in [0.3, 0.4) is 0 Å². The van der Waals surface area contributed by atoms with E-state index in [2.05, 4.69) is 0 Å². The van der Waals surface area contributed by atoms with Gasteiger partial charge in [-0.25, -0.2) is 0 Å². The molecule has 0 spiro atoms. The maximum atomic E-state index is 11.0. The summed E-state index contributed by atoms with van der Waals surface area (Å²) in [6, 6.07) is 10.1. The summed E-state index contributed by atoms with van der Waals surface area (Å²) < 4.78 is 26.8. The number of rotatable bonds is 3. The van der Waals surface area contributed by atoms with Crippen LogP contribution in [0.2, 0.25) is 0 Å². The summed E-state index contributed by atoms with van der Waals surface area (Å²) in [5, 5.41) is 1.53. The summed E-state index contributed by atoms with van der Waals surface area (Å²) in [6.07, 6.45) is 1.70. The van der Waals surface area contributed by atoms with Gasteiger partial charge in [0.2, 0.25) is 0 Å². The Morgan fingerprint density at radius 3 is 2.59 bits per heavy atom. The summed E-state index contributed by atoms with van der Waals surface area (Å²) in [7, 11) is -3.55. The van der Waals surface area contributed by atoms with Crippen molar-refractivity contribution in [3.63, 3.8) is 0 Å². The molecule has 0 bridgehead atoms. The number of fused-ring (bicyclic) bond motifs is 1. The predicted octanol–water partition coefficient (Wildman–Crippen LogP) is 1.99. The SMILES string of the molecule is CS(=O)(=O)Oc1ccc2cccc(C=O)c2c1. The monoisotopic (exact) mass is 250 g/mol. The molecule has 5 heteroatoms. The van der Waals surface area contributed by atoms with E-state index < -0.39 is 10.1 Å². The number of hydrogen-bond donors (Lipinski definition) is 0. The van der Waals surface area contributed by atoms with Crippen molar-refractivity contribution in [2.24, 2.45) is 0 Å². The highest BCUT2D eigenvalue weighted by atomic mass is 32.2. The van der Waals surface area contributed by atoms with Gasteiger partial charge in [-0.15, -0.1) is 0 Å². The molecule has 0 fully saturated rings. The minimum absolute atomic E-state index is 0.203. The molecule has 0 saturated heterocycles. The van der Waals surface area contributed by atoms with E-state index in [9.17, 15) is 13.2 Å². The minimum atomic E-state index is -3.55. The summed E-state index contributed by atoms with van der Waals surface area (Å²) in [5.41, 5.74) is 0.501. The molecule has 0 aliphatic heterocycles. The van der Waals surface area contributed by atoms with Crippen LogP contribution in [0.5, 0.6) is 5.75 Å². The average Bonchev–Trinajstić information content (AvgIpc) is 2.26. The smallest absolute Gasteiger partial charge is 0.306 e. The molecule has 0 saturated carbocycles. The van der Waals surface area contributed by atoms with Crippen LogP contribution in [-0.2, 0) is 10.1 Å². The van der Waals surface area contributed by atoms with E-state index in [1.54, 1.807) is 30.3 Å². The van der Waals surface area contributed by atoms with Crippen LogP contribution in [0, 0.1) is 0 Å². The maximum absolute atomic E-state index is 11.0. The normalized spacial score (nSPS) is 11.4. The second-order valence-corrected chi connectivity index (χ2v) is 5.21. The van der Waals surface area contributed by atoms with E-state index in [0.29, 0.717) is 10.9 Å². The Bertz CT molecular complexity index is 674. The molecule has 4 nitrogen and oxygen atoms in total. The molecule has 0 radical (unpaired) electrons. The Morgan fingerprint density at radius 2 is 1.94 bits per heavy atom. The Balaban J connectivity index is 2.60. The number of aldehydes is 1. The van der Waals surface area contributed by atoms with Crippen molar-refractivity contribution in [2.45, 2.75) is 0 Å². The Morgan fingerprint density at radius 1 is 1.18 bits per heavy atom. The van der Waals surface area contributed by atoms with E-state index in [-0.39, 0.29) is 5.75 Å². The molecule has 2 aromatic rings. The van der Waals surface area contributed by atoms with Crippen molar-refractivity contribution in [1.29, 1.82) is 0 Å². The van der Waals surface area contributed by atoms with Gasteiger partial charge in [-0.2, -0.15) is 8.42 Å². The van der Waals surface area contributed by atoms with Crippen molar-refractivity contribution in [1.82, 2.24) is 0 Å². The summed E-state index contributed by atoms with van der Waals surface area (Å²) in [5.74, 6) is 0.203. The van der Waals surface area contributed by atoms with Crippen LogP contribution in [-0.4, -0.2) is 21.0 Å². The first-order chi connectivity index (χ1) is 7.99. The van der Waals surface area contributed by atoms with Gasteiger partial charge in [-0.3, -0.25) is 4.79 Å². The number of hydrogen-bond acceptors (Lipinski definition) is 4. The van der Waals surface area contributed by atoms with E-state index >= 15 is 0 Å². The fraction of sp³-hybridized carbons (Fsp3) is 0.0833. The van der Waals surface area contributed by atoms with Gasteiger partial charge in [-0.1, -0.05) is 24.3 Å². The van der Waals surface area contributed by atoms with Gasteiger partial charge in [0.15, 0.2) is 6.29 Å². The lowest BCUT2D eigenvalue weighted by Crippen LogP contribution is -2.05.